The third-order valence-electron chi connectivity index (χ3n) is 9.43. The van der Waals surface area contributed by atoms with Crippen LogP contribution in [0.25, 0.3) is 0 Å². The summed E-state index contributed by atoms with van der Waals surface area (Å²) in [6.45, 7) is 5.02. The van der Waals surface area contributed by atoms with Crippen molar-refractivity contribution in [2.24, 2.45) is 34.5 Å². The zero-order valence-electron chi connectivity index (χ0n) is 17.8. The molecule has 0 aromatic carbocycles. The molecule has 0 spiro atoms. The highest BCUT2D eigenvalue weighted by Gasteiger charge is 2.68. The monoisotopic (exact) mass is 406 g/mol. The van der Waals surface area contributed by atoms with Crippen molar-refractivity contribution >= 4 is 17.5 Å². The highest BCUT2D eigenvalue weighted by atomic mass is 16.5. The molecule has 4 aliphatic rings. The number of ketones is 2. The summed E-state index contributed by atoms with van der Waals surface area (Å²) >= 11 is 0. The summed E-state index contributed by atoms with van der Waals surface area (Å²) in [5.74, 6) is 0.182. The zero-order valence-corrected chi connectivity index (χ0v) is 17.8. The van der Waals surface area contributed by atoms with E-state index in [0.29, 0.717) is 37.4 Å². The maximum absolute atomic E-state index is 12.9. The van der Waals surface area contributed by atoms with Gasteiger partial charge in [-0.25, -0.2) is 0 Å². The predicted octanol–water partition coefficient (Wildman–Crippen LogP) is 2.43. The number of ether oxygens (including phenoxy) is 1. The maximum atomic E-state index is 12.9. The molecule has 0 aromatic rings. The zero-order chi connectivity index (χ0) is 21.2. The minimum Gasteiger partial charge on any atom is -0.458 e. The van der Waals surface area contributed by atoms with E-state index in [2.05, 4.69) is 6.92 Å². The lowest BCUT2D eigenvalue weighted by Gasteiger charge is -2.62. The van der Waals surface area contributed by atoms with Crippen LogP contribution in [0.2, 0.25) is 0 Å². The van der Waals surface area contributed by atoms with Gasteiger partial charge >= 0.3 is 5.97 Å². The van der Waals surface area contributed by atoms with Crippen molar-refractivity contribution in [3.8, 4) is 0 Å². The summed E-state index contributed by atoms with van der Waals surface area (Å²) in [6, 6.07) is 0. The van der Waals surface area contributed by atoms with E-state index in [1.807, 2.05) is 6.92 Å². The normalized spacial score (nSPS) is 49.0. The van der Waals surface area contributed by atoms with Crippen LogP contribution in [0.4, 0.5) is 0 Å². The predicted molar refractivity (Wildman–Crippen MR) is 105 cm³/mol. The SMILES string of the molecule is CC(=O)OCC(=O)[C@]1(O)CC[C@@H]2[C@H]3CC[C@H]4CC(=O)CC[C@]4(C)[C@@H]3[C@H](O)C[C@@]21C. The minimum absolute atomic E-state index is 0.0555. The highest BCUT2D eigenvalue weighted by Crippen LogP contribution is 2.68. The first-order valence-electron chi connectivity index (χ1n) is 11.1. The van der Waals surface area contributed by atoms with Crippen LogP contribution in [-0.2, 0) is 19.1 Å². The van der Waals surface area contributed by atoms with E-state index in [1.54, 1.807) is 0 Å². The van der Waals surface area contributed by atoms with Gasteiger partial charge < -0.3 is 14.9 Å². The fourth-order valence-corrected chi connectivity index (χ4v) is 7.92. The molecular formula is C23H34O6. The lowest BCUT2D eigenvalue weighted by molar-refractivity contribution is -0.199. The van der Waals surface area contributed by atoms with Gasteiger partial charge in [0.15, 0.2) is 6.61 Å². The molecule has 0 aliphatic heterocycles. The smallest absolute Gasteiger partial charge is 0.303 e. The molecule has 162 valence electrons. The fraction of sp³-hybridized carbons (Fsp3) is 0.870. The van der Waals surface area contributed by atoms with Crippen molar-refractivity contribution in [1.82, 2.24) is 0 Å². The summed E-state index contributed by atoms with van der Waals surface area (Å²) < 4.78 is 4.89. The van der Waals surface area contributed by atoms with E-state index < -0.39 is 35.5 Å². The van der Waals surface area contributed by atoms with Crippen molar-refractivity contribution in [1.29, 1.82) is 0 Å². The topological polar surface area (TPSA) is 101 Å². The number of esters is 1. The van der Waals surface area contributed by atoms with Crippen molar-refractivity contribution in [2.45, 2.75) is 83.8 Å². The highest BCUT2D eigenvalue weighted by molar-refractivity contribution is 5.91. The van der Waals surface area contributed by atoms with Gasteiger partial charge in [-0.1, -0.05) is 13.8 Å². The van der Waals surface area contributed by atoms with Gasteiger partial charge in [0, 0.05) is 25.2 Å². The number of fused-ring (bicyclic) bond motifs is 5. The van der Waals surface area contributed by atoms with Gasteiger partial charge in [-0.3, -0.25) is 14.4 Å². The molecule has 4 rings (SSSR count). The third-order valence-corrected chi connectivity index (χ3v) is 9.43. The molecule has 0 aromatic heterocycles. The molecule has 2 N–H and O–H groups in total. The van der Waals surface area contributed by atoms with Gasteiger partial charge in [-0.2, -0.15) is 0 Å². The summed E-state index contributed by atoms with van der Waals surface area (Å²) in [5.41, 5.74) is -2.35. The first-order chi connectivity index (χ1) is 13.5. The van der Waals surface area contributed by atoms with E-state index in [-0.39, 0.29) is 23.2 Å². The third kappa shape index (κ3) is 2.93. The lowest BCUT2D eigenvalue weighted by Crippen LogP contribution is -2.63. The Hall–Kier alpha value is -1.27. The van der Waals surface area contributed by atoms with Gasteiger partial charge in [-0.05, 0) is 67.6 Å². The van der Waals surface area contributed by atoms with E-state index in [1.165, 1.54) is 6.92 Å². The number of carbonyl (C=O) groups excluding carboxylic acids is 3. The number of carbonyl (C=O) groups is 3. The van der Waals surface area contributed by atoms with Crippen molar-refractivity contribution < 1.29 is 29.3 Å². The Balaban J connectivity index is 1.63. The fourth-order valence-electron chi connectivity index (χ4n) is 7.92. The number of Topliss-reactive ketones (excluding diaryl/α,β-unsaturated/α-hetero) is 2. The second-order valence-corrected chi connectivity index (χ2v) is 10.6. The number of aliphatic hydroxyl groups is 2. The molecule has 0 heterocycles. The van der Waals surface area contributed by atoms with E-state index >= 15 is 0 Å². The molecule has 0 radical (unpaired) electrons. The van der Waals surface area contributed by atoms with Crippen molar-refractivity contribution in [2.75, 3.05) is 6.61 Å². The summed E-state index contributed by atoms with van der Waals surface area (Å²) in [4.78, 5) is 36.1. The Labute approximate surface area is 172 Å². The molecule has 4 fully saturated rings. The molecule has 0 amide bonds. The molecule has 0 unspecified atom stereocenters. The maximum Gasteiger partial charge on any atom is 0.303 e. The Morgan fingerprint density at radius 3 is 2.59 bits per heavy atom. The average Bonchev–Trinajstić information content (AvgIpc) is 2.91. The molecule has 29 heavy (non-hydrogen) atoms. The van der Waals surface area contributed by atoms with Crippen LogP contribution in [0.3, 0.4) is 0 Å². The van der Waals surface area contributed by atoms with E-state index in [9.17, 15) is 24.6 Å². The molecule has 0 bridgehead atoms. The second-order valence-electron chi connectivity index (χ2n) is 10.6. The van der Waals surface area contributed by atoms with Crippen LogP contribution in [0.15, 0.2) is 0 Å². The van der Waals surface area contributed by atoms with Crippen molar-refractivity contribution in [3.05, 3.63) is 0 Å². The van der Waals surface area contributed by atoms with Crippen LogP contribution in [0.1, 0.15) is 72.1 Å². The largest absolute Gasteiger partial charge is 0.458 e. The van der Waals surface area contributed by atoms with Gasteiger partial charge in [-0.15, -0.1) is 0 Å². The van der Waals surface area contributed by atoms with Gasteiger partial charge in [0.25, 0.3) is 0 Å². The molecular weight excluding hydrogens is 372 g/mol. The van der Waals surface area contributed by atoms with Crippen molar-refractivity contribution in [3.63, 3.8) is 0 Å². The van der Waals surface area contributed by atoms with Crippen LogP contribution >= 0.6 is 0 Å². The number of hydrogen-bond donors (Lipinski definition) is 2. The Morgan fingerprint density at radius 2 is 1.90 bits per heavy atom. The summed E-state index contributed by atoms with van der Waals surface area (Å²) in [5, 5.41) is 22.8. The summed E-state index contributed by atoms with van der Waals surface area (Å²) in [6.07, 6.45) is 4.81. The van der Waals surface area contributed by atoms with E-state index in [0.717, 1.165) is 25.7 Å². The van der Waals surface area contributed by atoms with E-state index in [4.69, 9.17) is 4.74 Å². The molecule has 6 nitrogen and oxygen atoms in total. The first kappa shape index (κ1) is 21.0. The molecule has 4 aliphatic carbocycles. The van der Waals surface area contributed by atoms with Crippen LogP contribution in [-0.4, -0.2) is 46.1 Å². The average molecular weight is 407 g/mol. The number of rotatable bonds is 3. The molecule has 8 atom stereocenters. The summed E-state index contributed by atoms with van der Waals surface area (Å²) in [7, 11) is 0. The molecule has 6 heteroatoms. The molecule has 0 saturated heterocycles. The molecule has 4 saturated carbocycles. The van der Waals surface area contributed by atoms with Gasteiger partial charge in [0.05, 0.1) is 6.10 Å². The number of aliphatic hydroxyl groups excluding tert-OH is 1. The Kier molecular flexibility index (Phi) is 4.97. The lowest BCUT2D eigenvalue weighted by atomic mass is 9.43. The quantitative estimate of drug-likeness (QED) is 0.698. The Bertz CT molecular complexity index is 733. The minimum atomic E-state index is -1.57. The van der Waals surface area contributed by atoms with Gasteiger partial charge in [0.2, 0.25) is 5.78 Å². The van der Waals surface area contributed by atoms with Crippen LogP contribution in [0.5, 0.6) is 0 Å². The number of hydrogen-bond acceptors (Lipinski definition) is 6. The van der Waals surface area contributed by atoms with Gasteiger partial charge in [0.1, 0.15) is 11.4 Å². The Morgan fingerprint density at radius 1 is 1.17 bits per heavy atom. The second kappa shape index (κ2) is 6.88. The van der Waals surface area contributed by atoms with Crippen LogP contribution < -0.4 is 0 Å². The van der Waals surface area contributed by atoms with Crippen LogP contribution in [0, 0.1) is 34.5 Å². The first-order valence-corrected chi connectivity index (χ1v) is 11.1. The standard InChI is InChI=1S/C23H34O6/c1-13(24)29-12-19(27)23(28)9-7-17-16-5-4-14-10-15(25)6-8-21(14,2)20(16)18(26)11-22(17,23)3/h14,16-18,20,26,28H,4-12H2,1-3H3/t14-,16+,17+,18+,20-,21-,22-,23+/m0/s1.